The van der Waals surface area contributed by atoms with Crippen molar-refractivity contribution >= 4 is 33.4 Å². The van der Waals surface area contributed by atoms with E-state index in [-0.39, 0.29) is 74.1 Å². The summed E-state index contributed by atoms with van der Waals surface area (Å²) in [6, 6.07) is 4.67. The first kappa shape index (κ1) is 17.4. The van der Waals surface area contributed by atoms with Gasteiger partial charge in [0.2, 0.25) is 0 Å². The van der Waals surface area contributed by atoms with E-state index < -0.39 is 22.0 Å². The average molecular weight is 323 g/mol. The molecule has 2 rings (SSSR count). The predicted molar refractivity (Wildman–Crippen MR) is 63.4 cm³/mol. The second-order valence-electron chi connectivity index (χ2n) is 3.70. The van der Waals surface area contributed by atoms with Crippen LogP contribution >= 0.6 is 0 Å². The molecule has 1 aromatic rings. The molecule has 8 nitrogen and oxygen atoms in total. The summed E-state index contributed by atoms with van der Waals surface area (Å²) >= 11 is 0. The van der Waals surface area contributed by atoms with Crippen LogP contribution in [0.25, 0.3) is 0 Å². The van der Waals surface area contributed by atoms with E-state index >= 15 is 0 Å². The van der Waals surface area contributed by atoms with Crippen LogP contribution in [0.2, 0.25) is 0 Å². The van der Waals surface area contributed by atoms with Gasteiger partial charge in [0.15, 0.2) is 5.71 Å². The summed E-state index contributed by atoms with van der Waals surface area (Å²) in [6.07, 6.45) is -0.324. The zero-order chi connectivity index (χ0) is 14.2. The van der Waals surface area contributed by atoms with Crippen molar-refractivity contribution in [1.82, 2.24) is 0 Å². The first-order valence-electron chi connectivity index (χ1n) is 5.00. The Bertz CT molecular complexity index is 682. The summed E-state index contributed by atoms with van der Waals surface area (Å²) in [6.45, 7) is 0. The maximum Gasteiger partial charge on any atom is 1.00 e. The molecule has 1 aromatic carbocycles. The summed E-state index contributed by atoms with van der Waals surface area (Å²) in [5.74, 6) is -1.82. The van der Waals surface area contributed by atoms with Crippen LogP contribution in [0.1, 0.15) is 6.42 Å². The molecule has 0 aromatic heterocycles. The van der Waals surface area contributed by atoms with E-state index in [0.717, 1.165) is 17.1 Å². The first-order valence-corrected chi connectivity index (χ1v) is 6.44. The average Bonchev–Trinajstić information content (AvgIpc) is 2.70. The maximum atomic E-state index is 11.6. The zero-order valence-electron chi connectivity index (χ0n) is 10.3. The van der Waals surface area contributed by atoms with Crippen molar-refractivity contribution in [2.75, 3.05) is 5.01 Å². The predicted octanol–water partition coefficient (Wildman–Crippen LogP) is -2.89. The Morgan fingerprint density at radius 1 is 1.25 bits per heavy atom. The third-order valence-corrected chi connectivity index (χ3v) is 3.27. The van der Waals surface area contributed by atoms with Gasteiger partial charge in [-0.25, -0.2) is 4.79 Å². The molecule has 0 unspecified atom stereocenters. The molecule has 0 aliphatic carbocycles. The molecule has 1 aliphatic heterocycles. The van der Waals surface area contributed by atoms with E-state index in [1.165, 1.54) is 12.1 Å². The van der Waals surface area contributed by atoms with Crippen LogP contribution in [-0.4, -0.2) is 35.7 Å². The van der Waals surface area contributed by atoms with Crippen LogP contribution in [-0.2, 0) is 19.7 Å². The summed E-state index contributed by atoms with van der Waals surface area (Å²) in [7, 11) is -4.31. The number of amides is 1. The number of hydrogen-bond acceptors (Lipinski definition) is 5. The smallest absolute Gasteiger partial charge is 0.477 e. The molecular weight excluding hydrogens is 315 g/mol. The molecule has 0 radical (unpaired) electrons. The van der Waals surface area contributed by atoms with Crippen molar-refractivity contribution in [2.45, 2.75) is 11.3 Å². The van der Waals surface area contributed by atoms with Crippen LogP contribution < -0.4 is 56.4 Å². The minimum Gasteiger partial charge on any atom is -0.477 e. The van der Waals surface area contributed by atoms with E-state index in [1.807, 2.05) is 0 Å². The SMILES string of the molecule is O=C(O)C1=NN(c2ccc(S(=O)(=O)O)cc2)C(=O)C1.[K+]. The van der Waals surface area contributed by atoms with Crippen LogP contribution in [0, 0.1) is 0 Å². The van der Waals surface area contributed by atoms with Gasteiger partial charge in [0.05, 0.1) is 17.0 Å². The van der Waals surface area contributed by atoms with Gasteiger partial charge in [-0.05, 0) is 24.3 Å². The quantitative estimate of drug-likeness (QED) is 0.455. The van der Waals surface area contributed by atoms with Gasteiger partial charge in [-0.3, -0.25) is 9.35 Å². The van der Waals surface area contributed by atoms with Gasteiger partial charge in [-0.2, -0.15) is 18.5 Å². The fourth-order valence-electron chi connectivity index (χ4n) is 1.51. The fourth-order valence-corrected chi connectivity index (χ4v) is 1.99. The van der Waals surface area contributed by atoms with E-state index in [0.29, 0.717) is 0 Å². The Hall–Kier alpha value is -0.624. The third kappa shape index (κ3) is 3.72. The number of rotatable bonds is 3. The van der Waals surface area contributed by atoms with Crippen molar-refractivity contribution in [3.63, 3.8) is 0 Å². The number of carboxylic acid groups (broad SMARTS) is 1. The molecule has 0 fully saturated rings. The molecule has 0 spiro atoms. The maximum absolute atomic E-state index is 11.6. The molecule has 0 atom stereocenters. The molecule has 10 heteroatoms. The Morgan fingerprint density at radius 2 is 1.80 bits per heavy atom. The van der Waals surface area contributed by atoms with Gasteiger partial charge >= 0.3 is 57.4 Å². The number of hydrazone groups is 1. The number of aliphatic carboxylic acids is 1. The molecule has 100 valence electrons. The van der Waals surface area contributed by atoms with Crippen molar-refractivity contribution in [3.8, 4) is 0 Å². The van der Waals surface area contributed by atoms with E-state index in [9.17, 15) is 18.0 Å². The van der Waals surface area contributed by atoms with Gasteiger partial charge in [-0.1, -0.05) is 0 Å². The van der Waals surface area contributed by atoms with Gasteiger partial charge in [0.1, 0.15) is 0 Å². The zero-order valence-corrected chi connectivity index (χ0v) is 14.3. The number of carbonyl (C=O) groups is 2. The molecule has 1 amide bonds. The standard InChI is InChI=1S/C10H8N2O6S.K/c13-9-5-8(10(14)15)11-12(9)6-1-3-7(4-2-6)19(16,17)18;/h1-4H,5H2,(H,14,15)(H,16,17,18);/q;+1. The van der Waals surface area contributed by atoms with Crippen LogP contribution in [0.3, 0.4) is 0 Å². The van der Waals surface area contributed by atoms with Crippen molar-refractivity contribution < 1.29 is 79.1 Å². The fraction of sp³-hybridized carbons (Fsp3) is 0.100. The second kappa shape index (κ2) is 6.43. The van der Waals surface area contributed by atoms with Gasteiger partial charge in [-0.15, -0.1) is 0 Å². The van der Waals surface area contributed by atoms with Crippen LogP contribution in [0.4, 0.5) is 5.69 Å². The molecule has 2 N–H and O–H groups in total. The number of benzene rings is 1. The molecular formula is C10H8KN2O6S+. The van der Waals surface area contributed by atoms with Crippen molar-refractivity contribution in [3.05, 3.63) is 24.3 Å². The topological polar surface area (TPSA) is 124 Å². The Morgan fingerprint density at radius 3 is 2.20 bits per heavy atom. The monoisotopic (exact) mass is 323 g/mol. The minimum atomic E-state index is -4.31. The molecule has 0 saturated carbocycles. The van der Waals surface area contributed by atoms with Gasteiger partial charge in [0, 0.05) is 0 Å². The van der Waals surface area contributed by atoms with Crippen LogP contribution in [0.15, 0.2) is 34.3 Å². The molecule has 0 bridgehead atoms. The van der Waals surface area contributed by atoms with Crippen molar-refractivity contribution in [1.29, 1.82) is 0 Å². The largest absolute Gasteiger partial charge is 1.00 e. The number of carbonyl (C=O) groups excluding carboxylic acids is 1. The third-order valence-electron chi connectivity index (χ3n) is 2.40. The molecule has 0 saturated heterocycles. The summed E-state index contributed by atoms with van der Waals surface area (Å²) in [5, 5.41) is 13.2. The van der Waals surface area contributed by atoms with E-state index in [1.54, 1.807) is 0 Å². The Balaban J connectivity index is 0.00000200. The van der Waals surface area contributed by atoms with Crippen molar-refractivity contribution in [2.24, 2.45) is 5.10 Å². The molecule has 1 heterocycles. The number of carboxylic acids is 1. The number of hydrogen-bond donors (Lipinski definition) is 2. The molecule has 20 heavy (non-hydrogen) atoms. The normalized spacial score (nSPS) is 14.8. The second-order valence-corrected chi connectivity index (χ2v) is 5.12. The Kier molecular flexibility index (Phi) is 5.60. The summed E-state index contributed by atoms with van der Waals surface area (Å²) in [5.41, 5.74) is -0.0718. The summed E-state index contributed by atoms with van der Waals surface area (Å²) < 4.78 is 30.5. The Labute approximate surface area is 156 Å². The summed E-state index contributed by atoms with van der Waals surface area (Å²) in [4.78, 5) is 21.9. The number of nitrogens with zero attached hydrogens (tertiary/aromatic N) is 2. The van der Waals surface area contributed by atoms with E-state index in [4.69, 9.17) is 9.66 Å². The first-order chi connectivity index (χ1) is 8.79. The van der Waals surface area contributed by atoms with Crippen LogP contribution in [0.5, 0.6) is 0 Å². The molecule has 1 aliphatic rings. The van der Waals surface area contributed by atoms with Gasteiger partial charge in [0.25, 0.3) is 16.0 Å². The minimum absolute atomic E-state index is 0. The van der Waals surface area contributed by atoms with E-state index in [2.05, 4.69) is 5.10 Å². The van der Waals surface area contributed by atoms with Gasteiger partial charge < -0.3 is 5.11 Å². The number of anilines is 1.